The van der Waals surface area contributed by atoms with Crippen LogP contribution in [0.5, 0.6) is 0 Å². The van der Waals surface area contributed by atoms with Gasteiger partial charge >= 0.3 is 0 Å². The van der Waals surface area contributed by atoms with E-state index < -0.39 is 5.41 Å². The highest BCUT2D eigenvalue weighted by atomic mass is 32.2. The van der Waals surface area contributed by atoms with Crippen LogP contribution in [0.1, 0.15) is 19.8 Å². The third-order valence-corrected chi connectivity index (χ3v) is 4.71. The molecule has 0 N–H and O–H groups in total. The van der Waals surface area contributed by atoms with E-state index in [0.29, 0.717) is 0 Å². The average Bonchev–Trinajstić information content (AvgIpc) is 2.66. The molecule has 3 fully saturated rings. The molecule has 0 aromatic rings. The van der Waals surface area contributed by atoms with Crippen LogP contribution in [0, 0.1) is 11.3 Å². The summed E-state index contributed by atoms with van der Waals surface area (Å²) in [5, 5.41) is 0.0504. The highest BCUT2D eigenvalue weighted by Crippen LogP contribution is 2.59. The van der Waals surface area contributed by atoms with E-state index in [4.69, 9.17) is 4.74 Å². The van der Waals surface area contributed by atoms with Gasteiger partial charge in [0.05, 0.1) is 23.5 Å². The fourth-order valence-electron chi connectivity index (χ4n) is 2.86. The lowest BCUT2D eigenvalue weighted by molar-refractivity contribution is -0.125. The summed E-state index contributed by atoms with van der Waals surface area (Å²) in [7, 11) is 0. The van der Waals surface area contributed by atoms with E-state index in [0.717, 1.165) is 24.6 Å². The molecule has 2 bridgehead atoms. The third kappa shape index (κ3) is 0.726. The molecule has 0 amide bonds. The largest absolute Gasteiger partial charge is 0.373 e. The Balaban J connectivity index is 2.12. The number of hydrogen-bond donors (Lipinski definition) is 0. The van der Waals surface area contributed by atoms with E-state index >= 15 is 0 Å². The van der Waals surface area contributed by atoms with Crippen molar-refractivity contribution in [2.24, 2.45) is 11.3 Å². The summed E-state index contributed by atoms with van der Waals surface area (Å²) < 4.78 is 5.63. The molecular weight excluding hydrogens is 188 g/mol. The van der Waals surface area contributed by atoms with Gasteiger partial charge < -0.3 is 4.74 Å². The number of carbonyl (C=O) groups excluding carboxylic acids is 2. The van der Waals surface area contributed by atoms with Gasteiger partial charge in [-0.3, -0.25) is 9.59 Å². The van der Waals surface area contributed by atoms with E-state index in [9.17, 15) is 9.59 Å². The van der Waals surface area contributed by atoms with Crippen molar-refractivity contribution in [2.75, 3.05) is 0 Å². The molecule has 3 heterocycles. The van der Waals surface area contributed by atoms with Gasteiger partial charge in [-0.25, -0.2) is 0 Å². The third-order valence-electron chi connectivity index (χ3n) is 3.63. The van der Waals surface area contributed by atoms with E-state index in [-0.39, 0.29) is 28.4 Å². The van der Waals surface area contributed by atoms with Crippen molar-refractivity contribution >= 4 is 22.0 Å². The molecule has 13 heavy (non-hydrogen) atoms. The van der Waals surface area contributed by atoms with Crippen LogP contribution in [0.2, 0.25) is 0 Å². The Hall–Kier alpha value is -0.350. The molecule has 0 aliphatic carbocycles. The van der Waals surface area contributed by atoms with Crippen molar-refractivity contribution in [3.8, 4) is 0 Å². The molecule has 0 saturated carbocycles. The maximum atomic E-state index is 11.6. The molecule has 0 aromatic heterocycles. The van der Waals surface area contributed by atoms with Gasteiger partial charge in [-0.05, 0) is 31.5 Å². The highest BCUT2D eigenvalue weighted by molar-refractivity contribution is 8.26. The lowest BCUT2D eigenvalue weighted by atomic mass is 9.69. The summed E-state index contributed by atoms with van der Waals surface area (Å²) in [6.45, 7) is 1.89. The minimum absolute atomic E-state index is 0.00829. The Morgan fingerprint density at radius 1 is 1.46 bits per heavy atom. The SMILES string of the molecule is C[C@]12C(=O)SC(=O)[C@H]1[C@@H]1CC[C@H]2O1. The number of ether oxygens (including phenoxy) is 1. The first kappa shape index (κ1) is 8.00. The van der Waals surface area contributed by atoms with Crippen LogP contribution in [-0.4, -0.2) is 22.4 Å². The number of rotatable bonds is 0. The van der Waals surface area contributed by atoms with Crippen LogP contribution in [0.25, 0.3) is 0 Å². The predicted octanol–water partition coefficient (Wildman–Crippen LogP) is 0.970. The minimum Gasteiger partial charge on any atom is -0.373 e. The van der Waals surface area contributed by atoms with Crippen LogP contribution in [0.3, 0.4) is 0 Å². The molecular formula is C9H10O3S. The molecule has 0 spiro atoms. The van der Waals surface area contributed by atoms with E-state index in [1.807, 2.05) is 6.92 Å². The van der Waals surface area contributed by atoms with Crippen molar-refractivity contribution in [1.82, 2.24) is 0 Å². The molecule has 0 aromatic carbocycles. The van der Waals surface area contributed by atoms with Gasteiger partial charge in [0.25, 0.3) is 0 Å². The summed E-state index contributed by atoms with van der Waals surface area (Å²) in [6, 6.07) is 0. The molecule has 3 saturated heterocycles. The summed E-state index contributed by atoms with van der Waals surface area (Å²) in [6.07, 6.45) is 1.93. The van der Waals surface area contributed by atoms with Crippen LogP contribution < -0.4 is 0 Å². The molecule has 4 heteroatoms. The summed E-state index contributed by atoms with van der Waals surface area (Å²) >= 11 is 0.901. The first-order chi connectivity index (χ1) is 6.14. The molecule has 3 aliphatic heterocycles. The van der Waals surface area contributed by atoms with Gasteiger partial charge in [0.15, 0.2) is 0 Å². The quantitative estimate of drug-likeness (QED) is 0.581. The zero-order valence-electron chi connectivity index (χ0n) is 7.28. The number of hydrogen-bond acceptors (Lipinski definition) is 4. The molecule has 3 rings (SSSR count). The fraction of sp³-hybridized carbons (Fsp3) is 0.778. The molecule has 70 valence electrons. The smallest absolute Gasteiger partial charge is 0.205 e. The van der Waals surface area contributed by atoms with Gasteiger partial charge in [-0.15, -0.1) is 0 Å². The lowest BCUT2D eigenvalue weighted by Crippen LogP contribution is -2.40. The highest BCUT2D eigenvalue weighted by Gasteiger charge is 2.67. The summed E-state index contributed by atoms with van der Waals surface area (Å²) in [5.74, 6) is -0.149. The van der Waals surface area contributed by atoms with Crippen molar-refractivity contribution < 1.29 is 14.3 Å². The van der Waals surface area contributed by atoms with Crippen LogP contribution >= 0.6 is 11.8 Å². The number of carbonyl (C=O) groups is 2. The molecule has 3 nitrogen and oxygen atoms in total. The average molecular weight is 198 g/mol. The minimum atomic E-state index is -0.495. The van der Waals surface area contributed by atoms with Crippen LogP contribution in [0.4, 0.5) is 0 Å². The zero-order valence-corrected chi connectivity index (χ0v) is 8.10. The van der Waals surface area contributed by atoms with Gasteiger partial charge in [0, 0.05) is 0 Å². The van der Waals surface area contributed by atoms with Crippen molar-refractivity contribution in [1.29, 1.82) is 0 Å². The van der Waals surface area contributed by atoms with Gasteiger partial charge in [0.2, 0.25) is 10.2 Å². The fourth-order valence-corrected chi connectivity index (χ4v) is 4.04. The first-order valence-corrected chi connectivity index (χ1v) is 5.37. The predicted molar refractivity (Wildman–Crippen MR) is 47.1 cm³/mol. The second kappa shape index (κ2) is 2.17. The topological polar surface area (TPSA) is 43.4 Å². The van der Waals surface area contributed by atoms with Gasteiger partial charge in [-0.2, -0.15) is 0 Å². The zero-order chi connectivity index (χ0) is 9.22. The summed E-state index contributed by atoms with van der Waals surface area (Å²) in [5.41, 5.74) is -0.495. The van der Waals surface area contributed by atoms with Crippen LogP contribution in [0.15, 0.2) is 0 Å². The standard InChI is InChI=1S/C9H10O3S/c1-9-5-3-2-4(12-5)6(9)7(10)13-8(9)11/h4-6H,2-3H2,1H3/t4-,5+,6+,9+/m0/s1. The maximum Gasteiger partial charge on any atom is 0.205 e. The second-order valence-corrected chi connectivity index (χ2v) is 5.19. The van der Waals surface area contributed by atoms with Crippen molar-refractivity contribution in [3.63, 3.8) is 0 Å². The Kier molecular flexibility index (Phi) is 1.34. The Morgan fingerprint density at radius 3 is 2.92 bits per heavy atom. The van der Waals surface area contributed by atoms with Gasteiger partial charge in [0.1, 0.15) is 0 Å². The number of thioether (sulfide) groups is 1. The number of fused-ring (bicyclic) bond motifs is 5. The van der Waals surface area contributed by atoms with E-state index in [1.165, 1.54) is 0 Å². The van der Waals surface area contributed by atoms with Crippen molar-refractivity contribution in [2.45, 2.75) is 32.0 Å². The Bertz CT molecular complexity index is 314. The summed E-state index contributed by atoms with van der Waals surface area (Å²) in [4.78, 5) is 23.2. The second-order valence-electron chi connectivity index (χ2n) is 4.21. The lowest BCUT2D eigenvalue weighted by Gasteiger charge is -2.28. The van der Waals surface area contributed by atoms with Crippen LogP contribution in [-0.2, 0) is 14.3 Å². The first-order valence-electron chi connectivity index (χ1n) is 4.55. The van der Waals surface area contributed by atoms with Crippen molar-refractivity contribution in [3.05, 3.63) is 0 Å². The van der Waals surface area contributed by atoms with Gasteiger partial charge in [-0.1, -0.05) is 0 Å². The normalized spacial score (nSPS) is 53.2. The molecule has 0 radical (unpaired) electrons. The molecule has 0 unspecified atom stereocenters. The Labute approximate surface area is 80.2 Å². The molecule has 3 aliphatic rings. The van der Waals surface area contributed by atoms with E-state index in [1.54, 1.807) is 0 Å². The monoisotopic (exact) mass is 198 g/mol. The Morgan fingerprint density at radius 2 is 2.23 bits per heavy atom. The molecule has 4 atom stereocenters. The maximum absolute atomic E-state index is 11.6. The van der Waals surface area contributed by atoms with E-state index in [2.05, 4.69) is 0 Å².